The fourth-order valence-corrected chi connectivity index (χ4v) is 24.1. The highest BCUT2D eigenvalue weighted by molar-refractivity contribution is 7.21. The Kier molecular flexibility index (Phi) is 11.6. The van der Waals surface area contributed by atoms with Crippen molar-refractivity contribution < 1.29 is 0 Å². The maximum absolute atomic E-state index is 3.16. The smallest absolute Gasteiger partial charge is 0.180 e. The number of fused-ring (bicyclic) bond motifs is 9. The summed E-state index contributed by atoms with van der Waals surface area (Å²) in [5, 5.41) is 18.3. The van der Waals surface area contributed by atoms with E-state index in [-0.39, 0.29) is 0 Å². The molecule has 0 saturated heterocycles. The number of benzene rings is 13. The molecule has 0 aliphatic carbocycles. The molecular formula is C78H55N3Si2. The standard InChI is InChI=1S/C78H55N3Si2/c1-6-27-59(28-7-1)82(60-29-8-2-9-30-60,61-31-10-3-11-32-61)64-51-48-56(49-52-64)79-73-44-22-18-40-68(73)70-55-58(50-53-75(70)79)81-74-45-23-19-41-69(74)78-76(81)46-25-47-77(78)83(62-33-12-4-13-34-62,63-35-14-5-15-36-63)65-37-24-26-57(54-65)80-71-42-20-16-38-66(71)67-39-17-21-43-72(67)80/h1-55H. The molecule has 0 fully saturated rings. The summed E-state index contributed by atoms with van der Waals surface area (Å²) in [5.41, 5.74) is 10.5. The molecule has 13 aromatic carbocycles. The van der Waals surface area contributed by atoms with E-state index < -0.39 is 16.1 Å². The van der Waals surface area contributed by atoms with Gasteiger partial charge < -0.3 is 13.7 Å². The van der Waals surface area contributed by atoms with E-state index in [1.165, 1.54) is 107 Å². The van der Waals surface area contributed by atoms with Crippen LogP contribution in [0.3, 0.4) is 0 Å². The Balaban J connectivity index is 0.899. The van der Waals surface area contributed by atoms with E-state index in [0.717, 1.165) is 17.1 Å². The van der Waals surface area contributed by atoms with Gasteiger partial charge in [0.2, 0.25) is 0 Å². The van der Waals surface area contributed by atoms with Crippen molar-refractivity contribution in [3.05, 3.63) is 334 Å². The third-order valence-corrected chi connectivity index (χ3v) is 27.3. The first kappa shape index (κ1) is 48.6. The van der Waals surface area contributed by atoms with E-state index in [1.807, 2.05) is 0 Å². The second-order valence-corrected chi connectivity index (χ2v) is 29.5. The molecule has 16 aromatic rings. The fourth-order valence-electron chi connectivity index (χ4n) is 14.3. The highest BCUT2D eigenvalue weighted by atomic mass is 28.3. The molecule has 0 amide bonds. The largest absolute Gasteiger partial charge is 0.309 e. The average Bonchev–Trinajstić information content (AvgIpc) is 2.70. The highest BCUT2D eigenvalue weighted by Crippen LogP contribution is 2.38. The van der Waals surface area contributed by atoms with Crippen LogP contribution in [-0.4, -0.2) is 29.8 Å². The van der Waals surface area contributed by atoms with Gasteiger partial charge in [0, 0.05) is 49.4 Å². The van der Waals surface area contributed by atoms with Gasteiger partial charge in [-0.15, -0.1) is 0 Å². The van der Waals surface area contributed by atoms with Crippen molar-refractivity contribution >= 4 is 123 Å². The van der Waals surface area contributed by atoms with Crippen LogP contribution in [-0.2, 0) is 0 Å². The molecule has 16 rings (SSSR count). The van der Waals surface area contributed by atoms with Crippen LogP contribution in [0.4, 0.5) is 0 Å². The van der Waals surface area contributed by atoms with Crippen LogP contribution >= 0.6 is 0 Å². The van der Waals surface area contributed by atoms with Crippen LogP contribution < -0.4 is 41.5 Å². The summed E-state index contributed by atoms with van der Waals surface area (Å²) < 4.78 is 7.46. The van der Waals surface area contributed by atoms with Crippen molar-refractivity contribution in [2.24, 2.45) is 0 Å². The zero-order chi connectivity index (χ0) is 54.9. The van der Waals surface area contributed by atoms with Crippen molar-refractivity contribution in [2.75, 3.05) is 0 Å². The van der Waals surface area contributed by atoms with Gasteiger partial charge in [-0.3, -0.25) is 0 Å². The van der Waals surface area contributed by atoms with Gasteiger partial charge in [-0.1, -0.05) is 261 Å². The Morgan fingerprint density at radius 1 is 0.181 bits per heavy atom. The summed E-state index contributed by atoms with van der Waals surface area (Å²) in [4.78, 5) is 0. The van der Waals surface area contributed by atoms with Gasteiger partial charge in [0.25, 0.3) is 0 Å². The van der Waals surface area contributed by atoms with Gasteiger partial charge in [-0.2, -0.15) is 0 Å². The van der Waals surface area contributed by atoms with Gasteiger partial charge in [-0.05, 0) is 114 Å². The first-order chi connectivity index (χ1) is 41.2. The van der Waals surface area contributed by atoms with Crippen molar-refractivity contribution in [3.8, 4) is 17.1 Å². The molecule has 3 heterocycles. The lowest BCUT2D eigenvalue weighted by molar-refractivity contribution is 1.17. The molecule has 0 spiro atoms. The summed E-state index contributed by atoms with van der Waals surface area (Å²) in [6, 6.07) is 125. The van der Waals surface area contributed by atoms with Crippen LogP contribution in [0, 0.1) is 0 Å². The molecule has 3 aromatic heterocycles. The summed E-state index contributed by atoms with van der Waals surface area (Å²) in [7, 11) is -5.88. The van der Waals surface area contributed by atoms with Crippen LogP contribution in [0.25, 0.3) is 82.5 Å². The third kappa shape index (κ3) is 7.42. The first-order valence-corrected chi connectivity index (χ1v) is 32.8. The molecule has 0 N–H and O–H groups in total. The molecule has 0 saturated carbocycles. The zero-order valence-corrected chi connectivity index (χ0v) is 47.6. The van der Waals surface area contributed by atoms with Crippen molar-refractivity contribution in [3.63, 3.8) is 0 Å². The number of hydrogen-bond donors (Lipinski definition) is 0. The van der Waals surface area contributed by atoms with E-state index >= 15 is 0 Å². The second-order valence-electron chi connectivity index (χ2n) is 21.9. The molecular weight excluding hydrogens is 1040 g/mol. The third-order valence-electron chi connectivity index (χ3n) is 17.7. The van der Waals surface area contributed by atoms with Gasteiger partial charge in [0.15, 0.2) is 16.1 Å². The lowest BCUT2D eigenvalue weighted by Crippen LogP contribution is -2.74. The van der Waals surface area contributed by atoms with E-state index in [2.05, 4.69) is 347 Å². The van der Waals surface area contributed by atoms with E-state index in [1.54, 1.807) is 0 Å². The van der Waals surface area contributed by atoms with Gasteiger partial charge in [0.1, 0.15) is 0 Å². The normalized spacial score (nSPS) is 12.1. The Bertz CT molecular complexity index is 4880. The molecule has 0 atom stereocenters. The quantitative estimate of drug-likeness (QED) is 0.0906. The molecule has 5 heteroatoms. The van der Waals surface area contributed by atoms with Gasteiger partial charge in [0.05, 0.1) is 33.1 Å². The summed E-state index contributed by atoms with van der Waals surface area (Å²) >= 11 is 0. The molecule has 0 radical (unpaired) electrons. The Hall–Kier alpha value is -10.3. The minimum Gasteiger partial charge on any atom is -0.309 e. The molecule has 0 aliphatic heterocycles. The molecule has 0 aliphatic rings. The fraction of sp³-hybridized carbons (Fsp3) is 0. The number of para-hydroxylation sites is 4. The van der Waals surface area contributed by atoms with Crippen molar-refractivity contribution in [2.45, 2.75) is 0 Å². The van der Waals surface area contributed by atoms with Crippen LogP contribution in [0.1, 0.15) is 0 Å². The van der Waals surface area contributed by atoms with Crippen molar-refractivity contribution in [1.29, 1.82) is 0 Å². The Morgan fingerprint density at radius 3 is 1.01 bits per heavy atom. The summed E-state index contributed by atoms with van der Waals surface area (Å²) in [6.45, 7) is 0. The van der Waals surface area contributed by atoms with Crippen LogP contribution in [0.5, 0.6) is 0 Å². The molecule has 3 nitrogen and oxygen atoms in total. The summed E-state index contributed by atoms with van der Waals surface area (Å²) in [6.07, 6.45) is 0. The topological polar surface area (TPSA) is 14.8 Å². The molecule has 0 bridgehead atoms. The lowest BCUT2D eigenvalue weighted by atomic mass is 10.1. The Labute approximate surface area is 484 Å². The minimum atomic E-state index is -3.16. The summed E-state index contributed by atoms with van der Waals surface area (Å²) in [5.74, 6) is 0. The van der Waals surface area contributed by atoms with Gasteiger partial charge >= 0.3 is 0 Å². The number of nitrogens with zero attached hydrogens (tertiary/aromatic N) is 3. The average molecular weight is 1090 g/mol. The van der Waals surface area contributed by atoms with Gasteiger partial charge in [-0.25, -0.2) is 0 Å². The number of aromatic nitrogens is 3. The number of rotatable bonds is 11. The molecule has 390 valence electrons. The molecule has 83 heavy (non-hydrogen) atoms. The zero-order valence-electron chi connectivity index (χ0n) is 45.6. The maximum atomic E-state index is 2.53. The predicted octanol–water partition coefficient (Wildman–Crippen LogP) is 13.7. The second kappa shape index (κ2) is 19.7. The highest BCUT2D eigenvalue weighted by Gasteiger charge is 2.44. The number of hydrogen-bond acceptors (Lipinski definition) is 0. The van der Waals surface area contributed by atoms with Crippen LogP contribution in [0.2, 0.25) is 0 Å². The SMILES string of the molecule is c1ccc([Si](c2ccccc2)(c2ccccc2)c2ccc(-n3c4ccccc4c4cc(-n5c6ccccc6c6c([Si](c7ccccc7)(c7ccccc7)c7cccc(-n8c9ccccc9c9ccccc98)c7)cccc65)ccc43)cc2)cc1. The predicted molar refractivity (Wildman–Crippen MR) is 357 cm³/mol. The lowest BCUT2D eigenvalue weighted by Gasteiger charge is -2.35. The first-order valence-electron chi connectivity index (χ1n) is 28.8. The molecule has 0 unspecified atom stereocenters. The van der Waals surface area contributed by atoms with E-state index in [0.29, 0.717) is 0 Å². The Morgan fingerprint density at radius 2 is 0.506 bits per heavy atom. The monoisotopic (exact) mass is 1090 g/mol. The maximum Gasteiger partial charge on any atom is 0.180 e. The minimum absolute atomic E-state index is 1.13. The van der Waals surface area contributed by atoms with Crippen molar-refractivity contribution in [1.82, 2.24) is 13.7 Å². The van der Waals surface area contributed by atoms with E-state index in [9.17, 15) is 0 Å². The van der Waals surface area contributed by atoms with E-state index in [4.69, 9.17) is 0 Å². The van der Waals surface area contributed by atoms with Crippen LogP contribution in [0.15, 0.2) is 334 Å².